The van der Waals surface area contributed by atoms with Crippen LogP contribution in [0.3, 0.4) is 0 Å². The van der Waals surface area contributed by atoms with Crippen molar-refractivity contribution in [1.82, 2.24) is 9.47 Å². The number of hydrogen-bond acceptors (Lipinski definition) is 2. The Morgan fingerprint density at radius 3 is 2.65 bits per heavy atom. The van der Waals surface area contributed by atoms with Gasteiger partial charge in [0, 0.05) is 31.0 Å². The molecule has 1 saturated heterocycles. The van der Waals surface area contributed by atoms with Crippen molar-refractivity contribution in [2.45, 2.75) is 40.2 Å². The molecule has 4 nitrogen and oxygen atoms in total. The summed E-state index contributed by atoms with van der Waals surface area (Å²) in [5, 5.41) is 9.22. The summed E-state index contributed by atoms with van der Waals surface area (Å²) in [5.74, 6) is -0.140. The molecule has 1 fully saturated rings. The monoisotopic (exact) mass is 271 g/mol. The Morgan fingerprint density at radius 1 is 1.45 bits per heavy atom. The molecule has 0 atom stereocenters. The smallest absolute Gasteiger partial charge is 0.264 e. The summed E-state index contributed by atoms with van der Waals surface area (Å²) in [6.07, 6.45) is 3.84. The molecule has 0 spiro atoms. The standard InChI is InChI=1S/C16H21N3O/c1-4-6-19-12(2)9-14(13(19)3)10-15(11-17)16(20)18-7-5-8-18/h9-10H,4-8H2,1-3H3. The number of nitrogens with zero attached hydrogens (tertiary/aromatic N) is 3. The van der Waals surface area contributed by atoms with Crippen LogP contribution < -0.4 is 0 Å². The van der Waals surface area contributed by atoms with Gasteiger partial charge in [-0.3, -0.25) is 4.79 Å². The summed E-state index contributed by atoms with van der Waals surface area (Å²) >= 11 is 0. The van der Waals surface area contributed by atoms with E-state index in [0.717, 1.165) is 43.7 Å². The fourth-order valence-electron chi connectivity index (χ4n) is 2.53. The molecular weight excluding hydrogens is 250 g/mol. The predicted molar refractivity (Wildman–Crippen MR) is 79.0 cm³/mol. The lowest BCUT2D eigenvalue weighted by Gasteiger charge is -2.30. The lowest BCUT2D eigenvalue weighted by molar-refractivity contribution is -0.129. The number of aryl methyl sites for hydroxylation is 1. The quantitative estimate of drug-likeness (QED) is 0.624. The van der Waals surface area contributed by atoms with Crippen molar-refractivity contribution < 1.29 is 4.79 Å². The SMILES string of the molecule is CCCn1c(C)cc(C=C(C#N)C(=O)N2CCC2)c1C. The first-order valence-electron chi connectivity index (χ1n) is 7.16. The van der Waals surface area contributed by atoms with E-state index in [2.05, 4.69) is 18.4 Å². The average molecular weight is 271 g/mol. The van der Waals surface area contributed by atoms with Gasteiger partial charge in [0.25, 0.3) is 5.91 Å². The average Bonchev–Trinajstić information content (AvgIpc) is 2.61. The zero-order valence-electron chi connectivity index (χ0n) is 12.4. The third-order valence-corrected chi connectivity index (χ3v) is 3.85. The Morgan fingerprint density at radius 2 is 2.15 bits per heavy atom. The van der Waals surface area contributed by atoms with Gasteiger partial charge in [-0.05, 0) is 44.4 Å². The molecule has 1 amide bonds. The molecule has 2 rings (SSSR count). The predicted octanol–water partition coefficient (Wildman–Crippen LogP) is 2.65. The van der Waals surface area contributed by atoms with Gasteiger partial charge in [0.15, 0.2) is 0 Å². The van der Waals surface area contributed by atoms with Crippen LogP contribution in [-0.4, -0.2) is 28.5 Å². The Bertz CT molecular complexity index is 586. The highest BCUT2D eigenvalue weighted by Crippen LogP contribution is 2.20. The van der Waals surface area contributed by atoms with Crippen LogP contribution in [-0.2, 0) is 11.3 Å². The summed E-state index contributed by atoms with van der Waals surface area (Å²) in [6.45, 7) is 8.75. The Balaban J connectivity index is 2.30. The Hall–Kier alpha value is -2.02. The maximum Gasteiger partial charge on any atom is 0.264 e. The third kappa shape index (κ3) is 2.62. The van der Waals surface area contributed by atoms with Crippen molar-refractivity contribution in [2.24, 2.45) is 0 Å². The summed E-state index contributed by atoms with van der Waals surface area (Å²) in [5.41, 5.74) is 3.50. The molecule has 4 heteroatoms. The molecule has 20 heavy (non-hydrogen) atoms. The summed E-state index contributed by atoms with van der Waals surface area (Å²) < 4.78 is 2.23. The lowest BCUT2D eigenvalue weighted by atomic mass is 10.1. The van der Waals surface area contributed by atoms with Crippen LogP contribution in [0.5, 0.6) is 0 Å². The van der Waals surface area contributed by atoms with E-state index in [4.69, 9.17) is 0 Å². The van der Waals surface area contributed by atoms with Crippen LogP contribution in [0, 0.1) is 25.2 Å². The van der Waals surface area contributed by atoms with Crippen molar-refractivity contribution in [1.29, 1.82) is 5.26 Å². The van der Waals surface area contributed by atoms with Gasteiger partial charge >= 0.3 is 0 Å². The van der Waals surface area contributed by atoms with E-state index in [0.29, 0.717) is 0 Å². The molecule has 1 aliphatic rings. The van der Waals surface area contributed by atoms with Crippen LogP contribution in [0.1, 0.15) is 36.7 Å². The largest absolute Gasteiger partial charge is 0.349 e. The number of hydrogen-bond donors (Lipinski definition) is 0. The molecule has 0 aliphatic carbocycles. The van der Waals surface area contributed by atoms with Crippen molar-refractivity contribution >= 4 is 12.0 Å². The Kier molecular flexibility index (Phi) is 4.29. The van der Waals surface area contributed by atoms with Crippen molar-refractivity contribution in [3.8, 4) is 6.07 Å². The van der Waals surface area contributed by atoms with E-state index in [1.807, 2.05) is 19.1 Å². The van der Waals surface area contributed by atoms with E-state index in [9.17, 15) is 10.1 Å². The number of likely N-dealkylation sites (tertiary alicyclic amines) is 1. The van der Waals surface area contributed by atoms with E-state index < -0.39 is 0 Å². The van der Waals surface area contributed by atoms with Crippen molar-refractivity contribution in [2.75, 3.05) is 13.1 Å². The molecule has 0 N–H and O–H groups in total. The van der Waals surface area contributed by atoms with Gasteiger partial charge in [0.2, 0.25) is 0 Å². The highest BCUT2D eigenvalue weighted by molar-refractivity contribution is 6.02. The zero-order valence-corrected chi connectivity index (χ0v) is 12.4. The van der Waals surface area contributed by atoms with Gasteiger partial charge in [-0.15, -0.1) is 0 Å². The number of aromatic nitrogens is 1. The van der Waals surface area contributed by atoms with Crippen LogP contribution in [0.15, 0.2) is 11.6 Å². The van der Waals surface area contributed by atoms with Crippen molar-refractivity contribution in [3.63, 3.8) is 0 Å². The fraction of sp³-hybridized carbons (Fsp3) is 0.500. The minimum absolute atomic E-state index is 0.140. The number of nitriles is 1. The molecule has 0 radical (unpaired) electrons. The molecule has 1 aromatic heterocycles. The molecule has 2 heterocycles. The van der Waals surface area contributed by atoms with Gasteiger partial charge in [0.1, 0.15) is 11.6 Å². The Labute approximate surface area is 120 Å². The van der Waals surface area contributed by atoms with E-state index in [1.54, 1.807) is 11.0 Å². The van der Waals surface area contributed by atoms with Gasteiger partial charge in [-0.1, -0.05) is 6.92 Å². The normalized spacial score (nSPS) is 14.9. The van der Waals surface area contributed by atoms with Crippen LogP contribution in [0.4, 0.5) is 0 Å². The second-order valence-corrected chi connectivity index (χ2v) is 5.29. The van der Waals surface area contributed by atoms with Crippen LogP contribution in [0.25, 0.3) is 6.08 Å². The molecule has 0 aromatic carbocycles. The fourth-order valence-corrected chi connectivity index (χ4v) is 2.53. The number of carbonyl (C=O) groups excluding carboxylic acids is 1. The highest BCUT2D eigenvalue weighted by Gasteiger charge is 2.23. The van der Waals surface area contributed by atoms with E-state index >= 15 is 0 Å². The summed E-state index contributed by atoms with van der Waals surface area (Å²) in [6, 6.07) is 4.10. The van der Waals surface area contributed by atoms with Gasteiger partial charge < -0.3 is 9.47 Å². The summed E-state index contributed by atoms with van der Waals surface area (Å²) in [7, 11) is 0. The molecule has 0 unspecified atom stereocenters. The minimum Gasteiger partial charge on any atom is -0.349 e. The van der Waals surface area contributed by atoms with Crippen LogP contribution >= 0.6 is 0 Å². The van der Waals surface area contributed by atoms with E-state index in [1.165, 1.54) is 5.69 Å². The first kappa shape index (κ1) is 14.4. The molecule has 106 valence electrons. The highest BCUT2D eigenvalue weighted by atomic mass is 16.2. The molecular formula is C16H21N3O. The topological polar surface area (TPSA) is 49.0 Å². The first-order chi connectivity index (χ1) is 9.58. The molecule has 1 aromatic rings. The van der Waals surface area contributed by atoms with Gasteiger partial charge in [0.05, 0.1) is 0 Å². The molecule has 0 bridgehead atoms. The molecule has 1 aliphatic heterocycles. The molecule has 0 saturated carbocycles. The first-order valence-corrected chi connectivity index (χ1v) is 7.16. The second kappa shape index (κ2) is 5.96. The lowest BCUT2D eigenvalue weighted by Crippen LogP contribution is -2.42. The summed E-state index contributed by atoms with van der Waals surface area (Å²) in [4.78, 5) is 13.8. The number of rotatable bonds is 4. The number of carbonyl (C=O) groups is 1. The minimum atomic E-state index is -0.140. The number of amides is 1. The zero-order chi connectivity index (χ0) is 14.7. The van der Waals surface area contributed by atoms with E-state index in [-0.39, 0.29) is 11.5 Å². The second-order valence-electron chi connectivity index (χ2n) is 5.29. The third-order valence-electron chi connectivity index (χ3n) is 3.85. The van der Waals surface area contributed by atoms with Gasteiger partial charge in [-0.2, -0.15) is 5.26 Å². The van der Waals surface area contributed by atoms with Crippen LogP contribution in [0.2, 0.25) is 0 Å². The van der Waals surface area contributed by atoms with Gasteiger partial charge in [-0.25, -0.2) is 0 Å². The maximum atomic E-state index is 12.1. The maximum absolute atomic E-state index is 12.1. The van der Waals surface area contributed by atoms with Crippen molar-refractivity contribution in [3.05, 3.63) is 28.6 Å².